The Hall–Kier alpha value is -1.36. The van der Waals surface area contributed by atoms with E-state index in [2.05, 4.69) is 14.7 Å². The summed E-state index contributed by atoms with van der Waals surface area (Å²) in [5.41, 5.74) is 0.867. The molecule has 3 nitrogen and oxygen atoms in total. The number of nitrogens with one attached hydrogen (secondary N) is 1. The standard InChI is InChI=1S/C8H5ClF2N2O/c9-7-12-4-2-1-3-5(6(4)13-7)14-8(10)11/h1-3,8H,(H,12,13). The van der Waals surface area contributed by atoms with Gasteiger partial charge in [0.05, 0.1) is 5.52 Å². The number of fused-ring (bicyclic) bond motifs is 1. The molecule has 0 radical (unpaired) electrons. The van der Waals surface area contributed by atoms with Crippen LogP contribution < -0.4 is 4.74 Å². The van der Waals surface area contributed by atoms with E-state index in [9.17, 15) is 8.78 Å². The molecule has 0 saturated heterocycles. The van der Waals surface area contributed by atoms with E-state index >= 15 is 0 Å². The normalized spacial score (nSPS) is 11.1. The van der Waals surface area contributed by atoms with Gasteiger partial charge in [0.15, 0.2) is 5.75 Å². The largest absolute Gasteiger partial charge is 0.432 e. The molecule has 0 amide bonds. The lowest BCUT2D eigenvalue weighted by Crippen LogP contribution is -2.02. The Labute approximate surface area is 82.7 Å². The van der Waals surface area contributed by atoms with Gasteiger partial charge in [-0.05, 0) is 23.7 Å². The second kappa shape index (κ2) is 3.42. The Balaban J connectivity index is 2.53. The van der Waals surface area contributed by atoms with Crippen LogP contribution in [0.25, 0.3) is 11.0 Å². The van der Waals surface area contributed by atoms with Gasteiger partial charge in [0.2, 0.25) is 5.28 Å². The van der Waals surface area contributed by atoms with Gasteiger partial charge in [-0.15, -0.1) is 0 Å². The van der Waals surface area contributed by atoms with Gasteiger partial charge in [0.1, 0.15) is 5.52 Å². The number of para-hydroxylation sites is 1. The quantitative estimate of drug-likeness (QED) is 0.842. The van der Waals surface area contributed by atoms with Gasteiger partial charge in [0, 0.05) is 0 Å². The SMILES string of the molecule is FC(F)Oc1cccc2[nH]c(Cl)nc12. The van der Waals surface area contributed by atoms with Crippen LogP contribution in [-0.2, 0) is 0 Å². The van der Waals surface area contributed by atoms with Crippen LogP contribution in [0.4, 0.5) is 8.78 Å². The Morgan fingerprint density at radius 3 is 2.93 bits per heavy atom. The molecule has 1 N–H and O–H groups in total. The van der Waals surface area contributed by atoms with Gasteiger partial charge < -0.3 is 9.72 Å². The van der Waals surface area contributed by atoms with Crippen LogP contribution in [0.5, 0.6) is 5.75 Å². The van der Waals surface area contributed by atoms with E-state index in [0.717, 1.165) is 0 Å². The van der Waals surface area contributed by atoms with Crippen molar-refractivity contribution in [1.29, 1.82) is 0 Å². The van der Waals surface area contributed by atoms with Crippen LogP contribution in [0.2, 0.25) is 5.28 Å². The fourth-order valence-corrected chi connectivity index (χ4v) is 1.35. The topological polar surface area (TPSA) is 37.9 Å². The fraction of sp³-hybridized carbons (Fsp3) is 0.125. The van der Waals surface area contributed by atoms with Crippen LogP contribution in [0.15, 0.2) is 18.2 Å². The minimum absolute atomic E-state index is 0.0145. The molecule has 1 aromatic carbocycles. The average molecular weight is 219 g/mol. The Kier molecular flexibility index (Phi) is 2.25. The number of rotatable bonds is 2. The van der Waals surface area contributed by atoms with Gasteiger partial charge in [-0.2, -0.15) is 8.78 Å². The maximum atomic E-state index is 12.0. The second-order valence-corrected chi connectivity index (χ2v) is 2.92. The van der Waals surface area contributed by atoms with E-state index in [1.807, 2.05) is 0 Å². The van der Waals surface area contributed by atoms with Crippen LogP contribution in [0.1, 0.15) is 0 Å². The number of halogens is 3. The Bertz CT molecular complexity index is 458. The van der Waals surface area contributed by atoms with Crippen molar-refractivity contribution in [3.05, 3.63) is 23.5 Å². The molecule has 0 aliphatic heterocycles. The lowest BCUT2D eigenvalue weighted by Gasteiger charge is -2.03. The third-order valence-corrected chi connectivity index (χ3v) is 1.84. The number of imidazole rings is 1. The molecule has 74 valence electrons. The highest BCUT2D eigenvalue weighted by Crippen LogP contribution is 2.25. The number of aromatic amines is 1. The van der Waals surface area contributed by atoms with Crippen molar-refractivity contribution in [2.75, 3.05) is 0 Å². The monoisotopic (exact) mass is 218 g/mol. The first-order valence-corrected chi connectivity index (χ1v) is 4.13. The first-order chi connectivity index (χ1) is 6.66. The second-order valence-electron chi connectivity index (χ2n) is 2.56. The van der Waals surface area contributed by atoms with E-state index in [0.29, 0.717) is 11.0 Å². The summed E-state index contributed by atoms with van der Waals surface area (Å²) in [6.07, 6.45) is 0. The summed E-state index contributed by atoms with van der Waals surface area (Å²) in [7, 11) is 0. The van der Waals surface area contributed by atoms with E-state index < -0.39 is 6.61 Å². The van der Waals surface area contributed by atoms with Gasteiger partial charge in [-0.3, -0.25) is 0 Å². The number of benzene rings is 1. The molecule has 6 heteroatoms. The molecule has 1 aromatic heterocycles. The summed E-state index contributed by atoms with van der Waals surface area (Å²) in [5.74, 6) is 0.0145. The molecule has 0 spiro atoms. The van der Waals surface area contributed by atoms with E-state index in [4.69, 9.17) is 11.6 Å². The maximum absolute atomic E-state index is 12.0. The van der Waals surface area contributed by atoms with Crippen LogP contribution in [-0.4, -0.2) is 16.6 Å². The molecule has 2 rings (SSSR count). The smallest absolute Gasteiger partial charge is 0.387 e. The lowest BCUT2D eigenvalue weighted by molar-refractivity contribution is -0.0489. The van der Waals surface area contributed by atoms with Crippen molar-refractivity contribution in [3.63, 3.8) is 0 Å². The molecule has 0 fully saturated rings. The lowest BCUT2D eigenvalue weighted by atomic mass is 10.3. The van der Waals surface area contributed by atoms with Crippen molar-refractivity contribution < 1.29 is 13.5 Å². The number of hydrogen-bond donors (Lipinski definition) is 1. The van der Waals surface area contributed by atoms with Crippen LogP contribution in [0.3, 0.4) is 0 Å². The molecular formula is C8H5ClF2N2O. The van der Waals surface area contributed by atoms with E-state index in [-0.39, 0.29) is 11.0 Å². The number of H-pyrrole nitrogens is 1. The summed E-state index contributed by atoms with van der Waals surface area (Å²) >= 11 is 5.58. The third-order valence-electron chi connectivity index (χ3n) is 1.66. The number of nitrogens with zero attached hydrogens (tertiary/aromatic N) is 1. The molecule has 14 heavy (non-hydrogen) atoms. The minimum Gasteiger partial charge on any atom is -0.432 e. The summed E-state index contributed by atoms with van der Waals surface area (Å²) in [6.45, 7) is -2.86. The van der Waals surface area contributed by atoms with Crippen molar-refractivity contribution in [3.8, 4) is 5.75 Å². The van der Waals surface area contributed by atoms with Crippen molar-refractivity contribution in [2.45, 2.75) is 6.61 Å². The zero-order chi connectivity index (χ0) is 10.1. The molecule has 1 heterocycles. The van der Waals surface area contributed by atoms with Gasteiger partial charge in [-0.25, -0.2) is 4.98 Å². The number of ether oxygens (including phenoxy) is 1. The molecule has 0 saturated carbocycles. The van der Waals surface area contributed by atoms with Crippen molar-refractivity contribution >= 4 is 22.6 Å². The number of hydrogen-bond acceptors (Lipinski definition) is 2. The molecule has 2 aromatic rings. The molecule has 0 unspecified atom stereocenters. The fourth-order valence-electron chi connectivity index (χ4n) is 1.17. The minimum atomic E-state index is -2.86. The molecular weight excluding hydrogens is 214 g/mol. The van der Waals surface area contributed by atoms with E-state index in [1.54, 1.807) is 12.1 Å². The highest BCUT2D eigenvalue weighted by molar-refractivity contribution is 6.29. The van der Waals surface area contributed by atoms with Gasteiger partial charge in [0.25, 0.3) is 0 Å². The molecule has 0 aliphatic rings. The highest BCUT2D eigenvalue weighted by Gasteiger charge is 2.10. The van der Waals surface area contributed by atoms with Crippen molar-refractivity contribution in [1.82, 2.24) is 9.97 Å². The Morgan fingerprint density at radius 1 is 1.43 bits per heavy atom. The molecule has 0 bridgehead atoms. The predicted molar refractivity (Wildman–Crippen MR) is 47.7 cm³/mol. The first-order valence-electron chi connectivity index (χ1n) is 3.76. The summed E-state index contributed by atoms with van der Waals surface area (Å²) in [4.78, 5) is 6.52. The number of alkyl halides is 2. The van der Waals surface area contributed by atoms with Crippen molar-refractivity contribution in [2.24, 2.45) is 0 Å². The maximum Gasteiger partial charge on any atom is 0.387 e. The van der Waals surface area contributed by atoms with Crippen LogP contribution >= 0.6 is 11.6 Å². The van der Waals surface area contributed by atoms with Crippen LogP contribution in [0, 0.1) is 0 Å². The average Bonchev–Trinajstić information content (AvgIpc) is 2.45. The highest BCUT2D eigenvalue weighted by atomic mass is 35.5. The number of aromatic nitrogens is 2. The van der Waals surface area contributed by atoms with Gasteiger partial charge in [-0.1, -0.05) is 6.07 Å². The molecule has 0 aliphatic carbocycles. The summed E-state index contributed by atoms with van der Waals surface area (Å²) in [6, 6.07) is 4.66. The zero-order valence-corrected chi connectivity index (χ0v) is 7.55. The zero-order valence-electron chi connectivity index (χ0n) is 6.80. The molecule has 0 atom stereocenters. The van der Waals surface area contributed by atoms with E-state index in [1.165, 1.54) is 6.07 Å². The third kappa shape index (κ3) is 1.63. The predicted octanol–water partition coefficient (Wildman–Crippen LogP) is 2.82. The summed E-state index contributed by atoms with van der Waals surface area (Å²) in [5, 5.41) is 0.144. The first kappa shape index (κ1) is 9.21. The Morgan fingerprint density at radius 2 is 2.21 bits per heavy atom. The van der Waals surface area contributed by atoms with Gasteiger partial charge >= 0.3 is 6.61 Å². The summed E-state index contributed by atoms with van der Waals surface area (Å²) < 4.78 is 28.2.